The van der Waals surface area contributed by atoms with Crippen LogP contribution in [0.25, 0.3) is 22.3 Å². The van der Waals surface area contributed by atoms with E-state index in [1.807, 2.05) is 42.5 Å². The normalized spacial score (nSPS) is 10.7. The lowest BCUT2D eigenvalue weighted by atomic mass is 10.1. The molecular formula is C15H11NO2. The Morgan fingerprint density at radius 3 is 2.33 bits per heavy atom. The Labute approximate surface area is 103 Å². The average Bonchev–Trinajstić information content (AvgIpc) is 2.44. The molecule has 0 bridgehead atoms. The van der Waals surface area contributed by atoms with E-state index in [1.165, 1.54) is 0 Å². The lowest BCUT2D eigenvalue weighted by Gasteiger charge is -2.06. The van der Waals surface area contributed by atoms with E-state index in [1.54, 1.807) is 12.1 Å². The summed E-state index contributed by atoms with van der Waals surface area (Å²) < 4.78 is 5.69. The van der Waals surface area contributed by atoms with Crippen molar-refractivity contribution in [1.82, 2.24) is 0 Å². The maximum atomic E-state index is 10.1. The van der Waals surface area contributed by atoms with E-state index in [2.05, 4.69) is 0 Å². The number of nitrogens with one attached hydrogen (secondary N) is 1. The molecule has 0 aliphatic heterocycles. The third-order valence-corrected chi connectivity index (χ3v) is 2.86. The molecule has 0 fully saturated rings. The quantitative estimate of drug-likeness (QED) is 0.682. The minimum atomic E-state index is -0.125. The number of rotatable bonds is 1. The number of hydrogen-bond donors (Lipinski definition) is 2. The fourth-order valence-electron chi connectivity index (χ4n) is 1.95. The second kappa shape index (κ2) is 4.04. The summed E-state index contributed by atoms with van der Waals surface area (Å²) in [4.78, 5) is 0. The van der Waals surface area contributed by atoms with Crippen molar-refractivity contribution in [3.05, 3.63) is 60.0 Å². The van der Waals surface area contributed by atoms with Crippen molar-refractivity contribution in [2.24, 2.45) is 0 Å². The minimum Gasteiger partial charge on any atom is -0.503 e. The third kappa shape index (κ3) is 1.57. The van der Waals surface area contributed by atoms with Crippen LogP contribution in [0.15, 0.2) is 59.0 Å². The second-order valence-corrected chi connectivity index (χ2v) is 4.02. The molecule has 2 aromatic carbocycles. The summed E-state index contributed by atoms with van der Waals surface area (Å²) in [7, 11) is 0. The maximum absolute atomic E-state index is 10.1. The van der Waals surface area contributed by atoms with Gasteiger partial charge in [-0.25, -0.2) is 0 Å². The van der Waals surface area contributed by atoms with Crippen molar-refractivity contribution in [2.45, 2.75) is 0 Å². The molecule has 0 spiro atoms. The molecule has 3 rings (SSSR count). The zero-order chi connectivity index (χ0) is 12.5. The van der Waals surface area contributed by atoms with E-state index in [0.29, 0.717) is 16.7 Å². The van der Waals surface area contributed by atoms with E-state index in [-0.39, 0.29) is 11.1 Å². The predicted molar refractivity (Wildman–Crippen MR) is 69.2 cm³/mol. The Hall–Kier alpha value is -2.55. The van der Waals surface area contributed by atoms with Gasteiger partial charge in [0.05, 0.1) is 0 Å². The smallest absolute Gasteiger partial charge is 0.185 e. The van der Waals surface area contributed by atoms with Crippen molar-refractivity contribution < 1.29 is 9.52 Å². The highest BCUT2D eigenvalue weighted by molar-refractivity contribution is 5.81. The van der Waals surface area contributed by atoms with Gasteiger partial charge in [0.15, 0.2) is 11.5 Å². The van der Waals surface area contributed by atoms with Crippen LogP contribution in [0.1, 0.15) is 0 Å². The highest BCUT2D eigenvalue weighted by Gasteiger charge is 2.12. The molecule has 3 aromatic rings. The van der Waals surface area contributed by atoms with E-state index >= 15 is 0 Å². The molecule has 88 valence electrons. The van der Waals surface area contributed by atoms with Crippen molar-refractivity contribution in [1.29, 1.82) is 5.41 Å². The molecule has 0 radical (unpaired) electrons. The van der Waals surface area contributed by atoms with Crippen LogP contribution in [0.2, 0.25) is 0 Å². The summed E-state index contributed by atoms with van der Waals surface area (Å²) in [6.07, 6.45) is 0. The first-order valence-electron chi connectivity index (χ1n) is 5.62. The number of fused-ring (bicyclic) bond motifs is 1. The lowest BCUT2D eigenvalue weighted by Crippen LogP contribution is -2.02. The van der Waals surface area contributed by atoms with Gasteiger partial charge in [0.1, 0.15) is 10.9 Å². The van der Waals surface area contributed by atoms with Gasteiger partial charge in [0, 0.05) is 10.9 Å². The Bertz CT molecular complexity index is 760. The largest absolute Gasteiger partial charge is 0.503 e. The number of benzene rings is 2. The van der Waals surface area contributed by atoms with Crippen molar-refractivity contribution in [3.63, 3.8) is 0 Å². The van der Waals surface area contributed by atoms with Gasteiger partial charge >= 0.3 is 0 Å². The first kappa shape index (κ1) is 10.6. The maximum Gasteiger partial charge on any atom is 0.185 e. The van der Waals surface area contributed by atoms with Crippen LogP contribution < -0.4 is 5.36 Å². The monoisotopic (exact) mass is 237 g/mol. The summed E-state index contributed by atoms with van der Waals surface area (Å²) >= 11 is 0. The summed E-state index contributed by atoms with van der Waals surface area (Å²) in [5.41, 5.74) is 1.36. The Morgan fingerprint density at radius 2 is 1.56 bits per heavy atom. The van der Waals surface area contributed by atoms with Crippen LogP contribution in [0.4, 0.5) is 0 Å². The first-order valence-corrected chi connectivity index (χ1v) is 5.62. The highest BCUT2D eigenvalue weighted by atomic mass is 16.4. The number of para-hydroxylation sites is 1. The van der Waals surface area contributed by atoms with Crippen LogP contribution in [0.5, 0.6) is 5.75 Å². The van der Waals surface area contributed by atoms with Crippen molar-refractivity contribution in [3.8, 4) is 17.1 Å². The summed E-state index contributed by atoms with van der Waals surface area (Å²) in [6.45, 7) is 0. The Morgan fingerprint density at radius 1 is 0.889 bits per heavy atom. The molecule has 0 atom stereocenters. The molecule has 0 saturated carbocycles. The van der Waals surface area contributed by atoms with Gasteiger partial charge < -0.3 is 9.52 Å². The molecule has 2 N–H and O–H groups in total. The number of aromatic hydroxyl groups is 1. The fourth-order valence-corrected chi connectivity index (χ4v) is 1.95. The molecule has 1 heterocycles. The average molecular weight is 237 g/mol. The topological polar surface area (TPSA) is 57.2 Å². The fraction of sp³-hybridized carbons (Fsp3) is 0. The molecule has 0 aliphatic rings. The molecule has 0 amide bonds. The van der Waals surface area contributed by atoms with Gasteiger partial charge in [-0.1, -0.05) is 42.5 Å². The van der Waals surface area contributed by atoms with Gasteiger partial charge in [-0.15, -0.1) is 0 Å². The molecule has 3 nitrogen and oxygen atoms in total. The SMILES string of the molecule is N=c1c(O)c(-c2ccccc2)oc2ccccc12. The number of hydrogen-bond acceptors (Lipinski definition) is 3. The zero-order valence-corrected chi connectivity index (χ0v) is 9.55. The van der Waals surface area contributed by atoms with Crippen LogP contribution in [-0.2, 0) is 0 Å². The highest BCUT2D eigenvalue weighted by Crippen LogP contribution is 2.29. The Kier molecular flexibility index (Phi) is 2.38. The summed E-state index contributed by atoms with van der Waals surface area (Å²) in [5.74, 6) is 0.208. The summed E-state index contributed by atoms with van der Waals surface area (Å²) in [6, 6.07) is 16.5. The molecule has 1 aromatic heterocycles. The molecule has 0 aliphatic carbocycles. The van der Waals surface area contributed by atoms with Crippen LogP contribution >= 0.6 is 0 Å². The standard InChI is InChI=1S/C15H11NO2/c16-13-11-8-4-5-9-12(11)18-15(14(13)17)10-6-2-1-3-7-10/h1-9,16-17H. The Balaban J connectivity index is 2.38. The van der Waals surface area contributed by atoms with Gasteiger partial charge in [-0.3, -0.25) is 5.41 Å². The predicted octanol–water partition coefficient (Wildman–Crippen LogP) is 3.28. The molecule has 0 unspecified atom stereocenters. The van der Waals surface area contributed by atoms with E-state index in [9.17, 15) is 5.11 Å². The third-order valence-electron chi connectivity index (χ3n) is 2.86. The van der Waals surface area contributed by atoms with Crippen LogP contribution in [0, 0.1) is 5.41 Å². The van der Waals surface area contributed by atoms with Crippen molar-refractivity contribution >= 4 is 11.0 Å². The van der Waals surface area contributed by atoms with Crippen LogP contribution in [-0.4, -0.2) is 5.11 Å². The summed E-state index contributed by atoms with van der Waals surface area (Å²) in [5, 5.41) is 18.7. The second-order valence-electron chi connectivity index (χ2n) is 4.02. The van der Waals surface area contributed by atoms with Crippen LogP contribution in [0.3, 0.4) is 0 Å². The van der Waals surface area contributed by atoms with E-state index in [0.717, 1.165) is 5.56 Å². The van der Waals surface area contributed by atoms with Gasteiger partial charge in [0.25, 0.3) is 0 Å². The van der Waals surface area contributed by atoms with E-state index < -0.39 is 0 Å². The molecule has 3 heteroatoms. The van der Waals surface area contributed by atoms with Gasteiger partial charge in [-0.2, -0.15) is 0 Å². The molecular weight excluding hydrogens is 226 g/mol. The molecule has 18 heavy (non-hydrogen) atoms. The van der Waals surface area contributed by atoms with Crippen molar-refractivity contribution in [2.75, 3.05) is 0 Å². The van der Waals surface area contributed by atoms with Gasteiger partial charge in [0.2, 0.25) is 0 Å². The van der Waals surface area contributed by atoms with E-state index in [4.69, 9.17) is 9.83 Å². The lowest BCUT2D eigenvalue weighted by molar-refractivity contribution is 0.446. The molecule has 0 saturated heterocycles. The first-order chi connectivity index (χ1) is 8.77. The van der Waals surface area contributed by atoms with Gasteiger partial charge in [-0.05, 0) is 12.1 Å². The minimum absolute atomic E-state index is 0.0932. The zero-order valence-electron chi connectivity index (χ0n) is 9.55.